The smallest absolute Gasteiger partial charge is 0.356 e. The molecule has 4 heteroatoms. The first kappa shape index (κ1) is 11.1. The van der Waals surface area contributed by atoms with E-state index in [1.807, 2.05) is 19.9 Å². The molecule has 1 aromatic heterocycles. The predicted molar refractivity (Wildman–Crippen MR) is 58.2 cm³/mol. The molecular weight excluding hydrogens is 206 g/mol. The summed E-state index contributed by atoms with van der Waals surface area (Å²) in [5, 5.41) is 0. The zero-order valence-corrected chi connectivity index (χ0v) is 9.53. The summed E-state index contributed by atoms with van der Waals surface area (Å²) < 4.78 is 10.3. The highest BCUT2D eigenvalue weighted by atomic mass is 16.5. The van der Waals surface area contributed by atoms with E-state index in [-0.39, 0.29) is 11.4 Å². The van der Waals surface area contributed by atoms with E-state index in [9.17, 15) is 4.79 Å². The monoisotopic (exact) mass is 221 g/mol. The molecule has 0 radical (unpaired) electrons. The number of aryl methyl sites for hydroxylation is 1. The lowest BCUT2D eigenvalue weighted by Gasteiger charge is -2.37. The predicted octanol–water partition coefficient (Wildman–Crippen LogP) is 1.58. The molecule has 0 bridgehead atoms. The molecule has 2 heterocycles. The Bertz CT molecular complexity index is 399. The van der Waals surface area contributed by atoms with Crippen molar-refractivity contribution in [2.45, 2.75) is 13.8 Å². The fourth-order valence-corrected chi connectivity index (χ4v) is 1.50. The van der Waals surface area contributed by atoms with Crippen LogP contribution in [0.4, 0.5) is 0 Å². The topological polar surface area (TPSA) is 48.4 Å². The number of carbonyl (C=O) groups excluding carboxylic acids is 1. The zero-order chi connectivity index (χ0) is 11.6. The van der Waals surface area contributed by atoms with Crippen LogP contribution in [0.2, 0.25) is 0 Å². The lowest BCUT2D eigenvalue weighted by atomic mass is 9.90. The van der Waals surface area contributed by atoms with Gasteiger partial charge in [0.25, 0.3) is 0 Å². The van der Waals surface area contributed by atoms with Crippen LogP contribution in [0.3, 0.4) is 0 Å². The highest BCUT2D eigenvalue weighted by molar-refractivity contribution is 5.87. The molecule has 0 amide bonds. The first-order valence-electron chi connectivity index (χ1n) is 5.28. The van der Waals surface area contributed by atoms with Crippen molar-refractivity contribution in [3.05, 3.63) is 29.6 Å². The van der Waals surface area contributed by atoms with Crippen molar-refractivity contribution in [1.29, 1.82) is 0 Å². The third kappa shape index (κ3) is 2.39. The Morgan fingerprint density at radius 3 is 2.88 bits per heavy atom. The van der Waals surface area contributed by atoms with Crippen LogP contribution in [0, 0.1) is 12.3 Å². The Morgan fingerprint density at radius 1 is 1.56 bits per heavy atom. The second kappa shape index (κ2) is 4.22. The summed E-state index contributed by atoms with van der Waals surface area (Å²) in [6.45, 7) is 5.58. The molecule has 1 saturated heterocycles. The summed E-state index contributed by atoms with van der Waals surface area (Å²) >= 11 is 0. The Hall–Kier alpha value is -1.42. The molecule has 1 fully saturated rings. The van der Waals surface area contributed by atoms with Gasteiger partial charge in [0.05, 0.1) is 13.2 Å². The number of rotatable bonds is 3. The normalized spacial score (nSPS) is 17.6. The number of pyridine rings is 1. The quantitative estimate of drug-likeness (QED) is 0.727. The number of carbonyl (C=O) groups is 1. The Balaban J connectivity index is 1.93. The van der Waals surface area contributed by atoms with Crippen LogP contribution in [0.5, 0.6) is 0 Å². The van der Waals surface area contributed by atoms with Gasteiger partial charge in [-0.2, -0.15) is 0 Å². The molecule has 0 aliphatic carbocycles. The standard InChI is InChI=1S/C12H15NO3/c1-9-4-3-5-10(13-9)11(14)16-8-12(2)6-15-7-12/h3-5H,6-8H2,1-2H3. The van der Waals surface area contributed by atoms with Crippen LogP contribution in [-0.4, -0.2) is 30.8 Å². The first-order valence-corrected chi connectivity index (χ1v) is 5.28. The molecule has 4 nitrogen and oxygen atoms in total. The molecule has 2 rings (SSSR count). The van der Waals surface area contributed by atoms with Gasteiger partial charge in [0, 0.05) is 11.1 Å². The Morgan fingerprint density at radius 2 is 2.31 bits per heavy atom. The average Bonchev–Trinajstić information content (AvgIpc) is 2.23. The van der Waals surface area contributed by atoms with Crippen molar-refractivity contribution in [3.8, 4) is 0 Å². The summed E-state index contributed by atoms with van der Waals surface area (Å²) in [7, 11) is 0. The van der Waals surface area contributed by atoms with Crippen LogP contribution in [0.25, 0.3) is 0 Å². The van der Waals surface area contributed by atoms with Gasteiger partial charge in [-0.3, -0.25) is 0 Å². The molecule has 16 heavy (non-hydrogen) atoms. The highest BCUT2D eigenvalue weighted by Crippen LogP contribution is 2.26. The number of esters is 1. The maximum atomic E-state index is 11.7. The number of aromatic nitrogens is 1. The van der Waals surface area contributed by atoms with Crippen molar-refractivity contribution >= 4 is 5.97 Å². The lowest BCUT2D eigenvalue weighted by molar-refractivity contribution is -0.127. The number of ether oxygens (including phenoxy) is 2. The van der Waals surface area contributed by atoms with Crippen LogP contribution in [0.15, 0.2) is 18.2 Å². The van der Waals surface area contributed by atoms with Crippen molar-refractivity contribution in [1.82, 2.24) is 4.98 Å². The van der Waals surface area contributed by atoms with Gasteiger partial charge in [-0.15, -0.1) is 0 Å². The van der Waals surface area contributed by atoms with Crippen LogP contribution >= 0.6 is 0 Å². The van der Waals surface area contributed by atoms with Crippen LogP contribution in [0.1, 0.15) is 23.1 Å². The van der Waals surface area contributed by atoms with Crippen molar-refractivity contribution in [2.75, 3.05) is 19.8 Å². The largest absolute Gasteiger partial charge is 0.460 e. The van der Waals surface area contributed by atoms with Gasteiger partial charge in [-0.05, 0) is 19.1 Å². The van der Waals surface area contributed by atoms with E-state index in [0.29, 0.717) is 25.5 Å². The van der Waals surface area contributed by atoms with Gasteiger partial charge in [0.15, 0.2) is 0 Å². The summed E-state index contributed by atoms with van der Waals surface area (Å²) in [6, 6.07) is 5.31. The second-order valence-electron chi connectivity index (χ2n) is 4.54. The van der Waals surface area contributed by atoms with E-state index < -0.39 is 0 Å². The van der Waals surface area contributed by atoms with E-state index in [2.05, 4.69) is 4.98 Å². The Labute approximate surface area is 94.6 Å². The van der Waals surface area contributed by atoms with E-state index in [1.165, 1.54) is 0 Å². The van der Waals surface area contributed by atoms with E-state index in [1.54, 1.807) is 12.1 Å². The Kier molecular flexibility index (Phi) is 2.92. The van der Waals surface area contributed by atoms with Gasteiger partial charge in [-0.1, -0.05) is 13.0 Å². The number of nitrogens with zero attached hydrogens (tertiary/aromatic N) is 1. The van der Waals surface area contributed by atoms with Gasteiger partial charge in [0.1, 0.15) is 12.3 Å². The maximum absolute atomic E-state index is 11.7. The lowest BCUT2D eigenvalue weighted by Crippen LogP contribution is -2.44. The summed E-state index contributed by atoms with van der Waals surface area (Å²) in [5.41, 5.74) is 1.16. The van der Waals surface area contributed by atoms with Gasteiger partial charge >= 0.3 is 5.97 Å². The van der Waals surface area contributed by atoms with Crippen LogP contribution in [-0.2, 0) is 9.47 Å². The maximum Gasteiger partial charge on any atom is 0.356 e. The summed E-state index contributed by atoms with van der Waals surface area (Å²) in [5.74, 6) is -0.364. The molecule has 0 saturated carbocycles. The molecule has 0 unspecified atom stereocenters. The first-order chi connectivity index (χ1) is 7.59. The molecule has 0 spiro atoms. The summed E-state index contributed by atoms with van der Waals surface area (Å²) in [6.07, 6.45) is 0. The van der Waals surface area contributed by atoms with E-state index in [4.69, 9.17) is 9.47 Å². The molecule has 1 aliphatic heterocycles. The van der Waals surface area contributed by atoms with Crippen molar-refractivity contribution < 1.29 is 14.3 Å². The minimum Gasteiger partial charge on any atom is -0.460 e. The zero-order valence-electron chi connectivity index (χ0n) is 9.53. The van der Waals surface area contributed by atoms with Gasteiger partial charge in [-0.25, -0.2) is 9.78 Å². The molecule has 0 aromatic carbocycles. The van der Waals surface area contributed by atoms with Crippen molar-refractivity contribution in [2.24, 2.45) is 5.41 Å². The number of hydrogen-bond donors (Lipinski definition) is 0. The third-order valence-corrected chi connectivity index (χ3v) is 2.55. The SMILES string of the molecule is Cc1cccc(C(=O)OCC2(C)COC2)n1. The molecule has 1 aliphatic rings. The van der Waals surface area contributed by atoms with E-state index >= 15 is 0 Å². The average molecular weight is 221 g/mol. The molecule has 0 N–H and O–H groups in total. The molecule has 86 valence electrons. The fraction of sp³-hybridized carbons (Fsp3) is 0.500. The van der Waals surface area contributed by atoms with Gasteiger partial charge in [0.2, 0.25) is 0 Å². The second-order valence-corrected chi connectivity index (χ2v) is 4.54. The van der Waals surface area contributed by atoms with Crippen LogP contribution < -0.4 is 0 Å². The van der Waals surface area contributed by atoms with Gasteiger partial charge < -0.3 is 9.47 Å². The fourth-order valence-electron chi connectivity index (χ4n) is 1.50. The molecule has 1 aromatic rings. The minimum absolute atomic E-state index is 0.0144. The molecule has 0 atom stereocenters. The third-order valence-electron chi connectivity index (χ3n) is 2.55. The minimum atomic E-state index is -0.364. The van der Waals surface area contributed by atoms with Crippen molar-refractivity contribution in [3.63, 3.8) is 0 Å². The highest BCUT2D eigenvalue weighted by Gasteiger charge is 2.35. The summed E-state index contributed by atoms with van der Waals surface area (Å²) in [4.78, 5) is 15.8. The van der Waals surface area contributed by atoms with E-state index in [0.717, 1.165) is 5.69 Å². The number of hydrogen-bond acceptors (Lipinski definition) is 4. The molecular formula is C12H15NO3.